The van der Waals surface area contributed by atoms with Crippen LogP contribution in [-0.4, -0.2) is 0 Å². The summed E-state index contributed by atoms with van der Waals surface area (Å²) in [6, 6.07) is 75.8. The first-order valence-electron chi connectivity index (χ1n) is 16.8. The van der Waals surface area contributed by atoms with Crippen LogP contribution in [0.2, 0.25) is 0 Å². The van der Waals surface area contributed by atoms with Crippen molar-refractivity contribution in [2.24, 2.45) is 0 Å². The lowest BCUT2D eigenvalue weighted by atomic mass is 9.97. The number of hydrogen-bond donors (Lipinski definition) is 0. The predicted octanol–water partition coefficient (Wildman–Crippen LogP) is 13.5. The van der Waals surface area contributed by atoms with E-state index in [0.29, 0.717) is 0 Å². The van der Waals surface area contributed by atoms with Gasteiger partial charge in [-0.3, -0.25) is 0 Å². The van der Waals surface area contributed by atoms with E-state index in [1.54, 1.807) is 0 Å². The average molecular weight is 626 g/mol. The molecule has 0 aliphatic heterocycles. The van der Waals surface area contributed by atoms with Crippen LogP contribution >= 0.6 is 0 Å². The molecule has 0 aliphatic rings. The standard InChI is InChI=1S/C48H35N/c1-4-10-36(11-5-1)38-16-18-39(19-17-38)40-20-22-41(23-21-40)42-24-26-43(27-25-42)45-30-34-48(35-31-45)49(46-14-8-3-9-15-46)47-32-28-44(29-33-47)37-12-6-2-7-13-37/h1-35H. The summed E-state index contributed by atoms with van der Waals surface area (Å²) in [7, 11) is 0. The van der Waals surface area contributed by atoms with Gasteiger partial charge in [0.05, 0.1) is 0 Å². The third kappa shape index (κ3) is 6.56. The molecule has 0 N–H and O–H groups in total. The van der Waals surface area contributed by atoms with Gasteiger partial charge in [0.1, 0.15) is 0 Å². The van der Waals surface area contributed by atoms with Crippen molar-refractivity contribution < 1.29 is 0 Å². The van der Waals surface area contributed by atoms with Gasteiger partial charge in [-0.05, 0) is 92.0 Å². The second-order valence-electron chi connectivity index (χ2n) is 12.2. The van der Waals surface area contributed by atoms with Gasteiger partial charge in [-0.1, -0.05) is 176 Å². The van der Waals surface area contributed by atoms with Crippen LogP contribution in [0, 0.1) is 0 Å². The van der Waals surface area contributed by atoms with E-state index in [1.807, 2.05) is 0 Å². The fourth-order valence-electron chi connectivity index (χ4n) is 6.46. The van der Waals surface area contributed by atoms with Gasteiger partial charge in [-0.2, -0.15) is 0 Å². The Morgan fingerprint density at radius 2 is 0.347 bits per heavy atom. The Balaban J connectivity index is 0.994. The quantitative estimate of drug-likeness (QED) is 0.162. The van der Waals surface area contributed by atoms with Gasteiger partial charge in [-0.25, -0.2) is 0 Å². The fourth-order valence-corrected chi connectivity index (χ4v) is 6.46. The number of anilines is 3. The first kappa shape index (κ1) is 29.9. The number of para-hydroxylation sites is 1. The monoisotopic (exact) mass is 625 g/mol. The zero-order valence-electron chi connectivity index (χ0n) is 27.2. The number of benzene rings is 8. The molecule has 8 aromatic carbocycles. The van der Waals surface area contributed by atoms with E-state index in [0.717, 1.165) is 17.1 Å². The van der Waals surface area contributed by atoms with E-state index >= 15 is 0 Å². The van der Waals surface area contributed by atoms with Gasteiger partial charge in [0.15, 0.2) is 0 Å². The summed E-state index contributed by atoms with van der Waals surface area (Å²) >= 11 is 0. The zero-order valence-corrected chi connectivity index (χ0v) is 27.2. The summed E-state index contributed by atoms with van der Waals surface area (Å²) in [6.07, 6.45) is 0. The second kappa shape index (κ2) is 13.7. The molecule has 0 saturated heterocycles. The van der Waals surface area contributed by atoms with Crippen molar-refractivity contribution in [3.63, 3.8) is 0 Å². The van der Waals surface area contributed by atoms with E-state index in [9.17, 15) is 0 Å². The van der Waals surface area contributed by atoms with Crippen molar-refractivity contribution in [1.29, 1.82) is 0 Å². The van der Waals surface area contributed by atoms with Crippen LogP contribution in [0.15, 0.2) is 212 Å². The van der Waals surface area contributed by atoms with Crippen LogP contribution < -0.4 is 4.90 Å². The van der Waals surface area contributed by atoms with Gasteiger partial charge in [-0.15, -0.1) is 0 Å². The molecule has 0 aliphatic carbocycles. The molecule has 1 nitrogen and oxygen atoms in total. The van der Waals surface area contributed by atoms with Gasteiger partial charge in [0, 0.05) is 17.1 Å². The molecule has 0 saturated carbocycles. The van der Waals surface area contributed by atoms with E-state index in [4.69, 9.17) is 0 Å². The molecule has 0 spiro atoms. The normalized spacial score (nSPS) is 10.9. The molecule has 0 aromatic heterocycles. The summed E-state index contributed by atoms with van der Waals surface area (Å²) in [5, 5.41) is 0. The van der Waals surface area contributed by atoms with Crippen molar-refractivity contribution in [3.8, 4) is 55.6 Å². The molecule has 0 unspecified atom stereocenters. The Hall–Kier alpha value is -6.44. The maximum atomic E-state index is 2.31. The van der Waals surface area contributed by atoms with Gasteiger partial charge >= 0.3 is 0 Å². The molecule has 0 fully saturated rings. The Morgan fingerprint density at radius 1 is 0.163 bits per heavy atom. The van der Waals surface area contributed by atoms with Crippen LogP contribution in [0.5, 0.6) is 0 Å². The Labute approximate surface area is 289 Å². The molecule has 0 amide bonds. The summed E-state index contributed by atoms with van der Waals surface area (Å²) in [5.41, 5.74) is 15.5. The maximum absolute atomic E-state index is 2.31. The van der Waals surface area contributed by atoms with Crippen molar-refractivity contribution in [3.05, 3.63) is 212 Å². The van der Waals surface area contributed by atoms with E-state index < -0.39 is 0 Å². The molecule has 8 aromatic rings. The van der Waals surface area contributed by atoms with Crippen molar-refractivity contribution >= 4 is 17.1 Å². The predicted molar refractivity (Wildman–Crippen MR) is 208 cm³/mol. The first-order chi connectivity index (χ1) is 24.3. The summed E-state index contributed by atoms with van der Waals surface area (Å²) < 4.78 is 0. The van der Waals surface area contributed by atoms with Crippen LogP contribution in [-0.2, 0) is 0 Å². The molecule has 49 heavy (non-hydrogen) atoms. The minimum Gasteiger partial charge on any atom is -0.311 e. The van der Waals surface area contributed by atoms with E-state index in [1.165, 1.54) is 55.6 Å². The highest BCUT2D eigenvalue weighted by molar-refractivity contribution is 5.80. The molecule has 8 rings (SSSR count). The highest BCUT2D eigenvalue weighted by atomic mass is 15.1. The van der Waals surface area contributed by atoms with Crippen molar-refractivity contribution in [2.75, 3.05) is 4.90 Å². The van der Waals surface area contributed by atoms with Gasteiger partial charge in [0.25, 0.3) is 0 Å². The third-order valence-electron chi connectivity index (χ3n) is 9.13. The lowest BCUT2D eigenvalue weighted by molar-refractivity contribution is 1.28. The Morgan fingerprint density at radius 3 is 0.612 bits per heavy atom. The van der Waals surface area contributed by atoms with E-state index in [2.05, 4.69) is 217 Å². The third-order valence-corrected chi connectivity index (χ3v) is 9.13. The minimum absolute atomic E-state index is 1.12. The van der Waals surface area contributed by atoms with Crippen LogP contribution in [0.25, 0.3) is 55.6 Å². The fraction of sp³-hybridized carbons (Fsp3) is 0. The number of hydrogen-bond acceptors (Lipinski definition) is 1. The first-order valence-corrected chi connectivity index (χ1v) is 16.8. The van der Waals surface area contributed by atoms with E-state index in [-0.39, 0.29) is 0 Å². The molecular formula is C48H35N. The topological polar surface area (TPSA) is 3.24 Å². The van der Waals surface area contributed by atoms with Crippen LogP contribution in [0.1, 0.15) is 0 Å². The highest BCUT2D eigenvalue weighted by Gasteiger charge is 2.13. The van der Waals surface area contributed by atoms with Gasteiger partial charge < -0.3 is 4.90 Å². The molecular weight excluding hydrogens is 591 g/mol. The SMILES string of the molecule is c1ccc(-c2ccc(-c3ccc(-c4ccc(-c5ccc(N(c6ccccc6)c6ccc(-c7ccccc7)cc6)cc5)cc4)cc3)cc2)cc1. The van der Waals surface area contributed by atoms with Crippen molar-refractivity contribution in [2.45, 2.75) is 0 Å². The van der Waals surface area contributed by atoms with Crippen LogP contribution in [0.3, 0.4) is 0 Å². The van der Waals surface area contributed by atoms with Gasteiger partial charge in [0.2, 0.25) is 0 Å². The van der Waals surface area contributed by atoms with Crippen molar-refractivity contribution in [1.82, 2.24) is 0 Å². The lowest BCUT2D eigenvalue weighted by Gasteiger charge is -2.26. The molecule has 0 radical (unpaired) electrons. The summed E-state index contributed by atoms with van der Waals surface area (Å²) in [6.45, 7) is 0. The maximum Gasteiger partial charge on any atom is 0.0462 e. The lowest BCUT2D eigenvalue weighted by Crippen LogP contribution is -2.09. The average Bonchev–Trinajstić information content (AvgIpc) is 3.20. The summed E-state index contributed by atoms with van der Waals surface area (Å²) in [4.78, 5) is 2.31. The Kier molecular flexibility index (Phi) is 8.39. The molecule has 1 heteroatoms. The smallest absolute Gasteiger partial charge is 0.0462 e. The molecule has 0 heterocycles. The zero-order chi connectivity index (χ0) is 32.8. The Bertz CT molecular complexity index is 2240. The van der Waals surface area contributed by atoms with Crippen LogP contribution in [0.4, 0.5) is 17.1 Å². The number of nitrogens with zero attached hydrogens (tertiary/aromatic N) is 1. The molecule has 232 valence electrons. The molecule has 0 bridgehead atoms. The number of rotatable bonds is 8. The highest BCUT2D eigenvalue weighted by Crippen LogP contribution is 2.37. The second-order valence-corrected chi connectivity index (χ2v) is 12.2. The minimum atomic E-state index is 1.12. The largest absolute Gasteiger partial charge is 0.311 e. The molecule has 0 atom stereocenters. The summed E-state index contributed by atoms with van der Waals surface area (Å²) in [5.74, 6) is 0.